The van der Waals surface area contributed by atoms with Gasteiger partial charge >= 0.3 is 5.97 Å². The standard InChI is InChI=1S/C20H32N2O4/c1-5-22(16-8-6-15(21)7-9-16)19-13-17(26-11-10-24-3)12-18(14(19)2)20(23)25-4/h12-13,15-16H,5-11,21H2,1-4H3. The zero-order valence-electron chi connectivity index (χ0n) is 16.4. The van der Waals surface area contributed by atoms with Gasteiger partial charge in [-0.25, -0.2) is 4.79 Å². The molecule has 0 aromatic heterocycles. The monoisotopic (exact) mass is 364 g/mol. The van der Waals surface area contributed by atoms with Crippen LogP contribution < -0.4 is 15.4 Å². The Bertz CT molecular complexity index is 598. The minimum absolute atomic E-state index is 0.306. The van der Waals surface area contributed by atoms with E-state index in [-0.39, 0.29) is 5.97 Å². The number of hydrogen-bond donors (Lipinski definition) is 1. The lowest BCUT2D eigenvalue weighted by molar-refractivity contribution is 0.0599. The first-order chi connectivity index (χ1) is 12.5. The third-order valence-corrected chi connectivity index (χ3v) is 5.15. The molecule has 0 aliphatic heterocycles. The fourth-order valence-corrected chi connectivity index (χ4v) is 3.66. The van der Waals surface area contributed by atoms with E-state index in [1.165, 1.54) is 7.11 Å². The average Bonchev–Trinajstić information content (AvgIpc) is 2.65. The Morgan fingerprint density at radius 2 is 1.88 bits per heavy atom. The Morgan fingerprint density at radius 1 is 1.19 bits per heavy atom. The highest BCUT2D eigenvalue weighted by Gasteiger charge is 2.26. The van der Waals surface area contributed by atoms with Crippen LogP contribution in [-0.2, 0) is 9.47 Å². The van der Waals surface area contributed by atoms with Crippen molar-refractivity contribution in [2.45, 2.75) is 51.6 Å². The molecule has 1 aromatic rings. The first-order valence-electron chi connectivity index (χ1n) is 9.38. The maximum atomic E-state index is 12.3. The summed E-state index contributed by atoms with van der Waals surface area (Å²) >= 11 is 0. The SMILES string of the molecule is CCN(c1cc(OCCOC)cc(C(=O)OC)c1C)C1CCC(N)CC1. The quantitative estimate of drug-likeness (QED) is 0.565. The Kier molecular flexibility index (Phi) is 7.72. The molecule has 0 unspecified atom stereocenters. The molecule has 0 radical (unpaired) electrons. The molecule has 1 aromatic carbocycles. The zero-order chi connectivity index (χ0) is 19.1. The molecule has 1 saturated carbocycles. The number of benzene rings is 1. The van der Waals surface area contributed by atoms with Gasteiger partial charge in [0.1, 0.15) is 12.4 Å². The zero-order valence-corrected chi connectivity index (χ0v) is 16.4. The first-order valence-corrected chi connectivity index (χ1v) is 9.38. The highest BCUT2D eigenvalue weighted by atomic mass is 16.5. The van der Waals surface area contributed by atoms with Gasteiger partial charge in [-0.15, -0.1) is 0 Å². The largest absolute Gasteiger partial charge is 0.491 e. The van der Waals surface area contributed by atoms with Crippen molar-refractivity contribution in [2.24, 2.45) is 5.73 Å². The molecule has 146 valence electrons. The van der Waals surface area contributed by atoms with E-state index in [0.717, 1.165) is 43.5 Å². The molecule has 0 saturated heterocycles. The number of hydrogen-bond acceptors (Lipinski definition) is 6. The summed E-state index contributed by atoms with van der Waals surface area (Å²) in [5.41, 5.74) is 8.57. The predicted molar refractivity (Wildman–Crippen MR) is 103 cm³/mol. The molecule has 2 rings (SSSR count). The van der Waals surface area contributed by atoms with Gasteiger partial charge in [-0.3, -0.25) is 0 Å². The van der Waals surface area contributed by atoms with Gasteiger partial charge in [0.05, 0.1) is 19.3 Å². The number of carbonyl (C=O) groups excluding carboxylic acids is 1. The number of esters is 1. The molecule has 26 heavy (non-hydrogen) atoms. The minimum atomic E-state index is -0.345. The number of nitrogens with two attached hydrogens (primary N) is 1. The average molecular weight is 364 g/mol. The number of carbonyl (C=O) groups is 1. The third-order valence-electron chi connectivity index (χ3n) is 5.15. The Balaban J connectivity index is 2.36. The highest BCUT2D eigenvalue weighted by Crippen LogP contribution is 2.34. The molecule has 2 N–H and O–H groups in total. The van der Waals surface area contributed by atoms with E-state index in [9.17, 15) is 4.79 Å². The van der Waals surface area contributed by atoms with Crippen LogP contribution in [0, 0.1) is 6.92 Å². The summed E-state index contributed by atoms with van der Waals surface area (Å²) in [5, 5.41) is 0. The van der Waals surface area contributed by atoms with Crippen molar-refractivity contribution in [1.29, 1.82) is 0 Å². The summed E-state index contributed by atoms with van der Waals surface area (Å²) in [7, 11) is 3.04. The molecule has 1 aliphatic carbocycles. The van der Waals surface area contributed by atoms with Crippen LogP contribution in [-0.4, -0.2) is 52.0 Å². The summed E-state index contributed by atoms with van der Waals surface area (Å²) in [5.74, 6) is 0.316. The molecule has 0 amide bonds. The lowest BCUT2D eigenvalue weighted by Crippen LogP contribution is -2.41. The summed E-state index contributed by atoms with van der Waals surface area (Å²) < 4.78 is 15.8. The molecular formula is C20H32N2O4. The molecule has 6 nitrogen and oxygen atoms in total. The summed E-state index contributed by atoms with van der Waals surface area (Å²) in [4.78, 5) is 14.6. The Labute approximate surface area is 156 Å². The predicted octanol–water partition coefficient (Wildman–Crippen LogP) is 2.90. The fraction of sp³-hybridized carbons (Fsp3) is 0.650. The van der Waals surface area contributed by atoms with Gasteiger partial charge in [0.2, 0.25) is 0 Å². The van der Waals surface area contributed by atoms with Crippen molar-refractivity contribution < 1.29 is 19.0 Å². The van der Waals surface area contributed by atoms with Crippen LogP contribution in [0.1, 0.15) is 48.5 Å². The maximum Gasteiger partial charge on any atom is 0.338 e. The van der Waals surface area contributed by atoms with E-state index in [2.05, 4.69) is 11.8 Å². The van der Waals surface area contributed by atoms with Crippen LogP contribution in [0.4, 0.5) is 5.69 Å². The third kappa shape index (κ3) is 4.89. The number of rotatable bonds is 8. The molecular weight excluding hydrogens is 332 g/mol. The van der Waals surface area contributed by atoms with Crippen LogP contribution in [0.2, 0.25) is 0 Å². The number of anilines is 1. The van der Waals surface area contributed by atoms with E-state index in [1.807, 2.05) is 13.0 Å². The number of methoxy groups -OCH3 is 2. The van der Waals surface area contributed by atoms with Crippen LogP contribution in [0.15, 0.2) is 12.1 Å². The second kappa shape index (κ2) is 9.78. The molecule has 1 fully saturated rings. The van der Waals surface area contributed by atoms with Crippen molar-refractivity contribution >= 4 is 11.7 Å². The van der Waals surface area contributed by atoms with Crippen molar-refractivity contribution in [3.63, 3.8) is 0 Å². The second-order valence-electron chi connectivity index (χ2n) is 6.80. The number of ether oxygens (including phenoxy) is 3. The Hall–Kier alpha value is -1.79. The van der Waals surface area contributed by atoms with Crippen molar-refractivity contribution in [3.05, 3.63) is 23.3 Å². The molecule has 0 bridgehead atoms. The summed E-state index contributed by atoms with van der Waals surface area (Å²) in [6.07, 6.45) is 4.20. The molecule has 0 heterocycles. The van der Waals surface area contributed by atoms with Crippen molar-refractivity contribution in [2.75, 3.05) is 38.9 Å². The van der Waals surface area contributed by atoms with E-state index >= 15 is 0 Å². The summed E-state index contributed by atoms with van der Waals surface area (Å²) in [6, 6.07) is 4.51. The smallest absolute Gasteiger partial charge is 0.338 e. The van der Waals surface area contributed by atoms with Gasteiger partial charge in [0.25, 0.3) is 0 Å². The van der Waals surface area contributed by atoms with E-state index in [4.69, 9.17) is 19.9 Å². The first kappa shape index (κ1) is 20.5. The summed E-state index contributed by atoms with van der Waals surface area (Å²) in [6.45, 7) is 5.91. The lowest BCUT2D eigenvalue weighted by Gasteiger charge is -2.38. The van der Waals surface area contributed by atoms with Gasteiger partial charge < -0.3 is 24.8 Å². The van der Waals surface area contributed by atoms with Gasteiger partial charge in [0.15, 0.2) is 0 Å². The van der Waals surface area contributed by atoms with Crippen LogP contribution in [0.25, 0.3) is 0 Å². The van der Waals surface area contributed by atoms with Gasteiger partial charge in [0, 0.05) is 37.5 Å². The molecule has 6 heteroatoms. The van der Waals surface area contributed by atoms with E-state index < -0.39 is 0 Å². The van der Waals surface area contributed by atoms with Crippen LogP contribution in [0.5, 0.6) is 5.75 Å². The minimum Gasteiger partial charge on any atom is -0.491 e. The van der Waals surface area contributed by atoms with Crippen LogP contribution >= 0.6 is 0 Å². The second-order valence-corrected chi connectivity index (χ2v) is 6.80. The van der Waals surface area contributed by atoms with Gasteiger partial charge in [-0.2, -0.15) is 0 Å². The maximum absolute atomic E-state index is 12.3. The lowest BCUT2D eigenvalue weighted by atomic mass is 9.90. The van der Waals surface area contributed by atoms with Crippen molar-refractivity contribution in [3.8, 4) is 5.75 Å². The molecule has 1 aliphatic rings. The van der Waals surface area contributed by atoms with Gasteiger partial charge in [-0.1, -0.05) is 0 Å². The Morgan fingerprint density at radius 3 is 2.46 bits per heavy atom. The highest BCUT2D eigenvalue weighted by molar-refractivity contribution is 5.93. The normalized spacial score (nSPS) is 19.9. The van der Waals surface area contributed by atoms with E-state index in [1.54, 1.807) is 13.2 Å². The topological polar surface area (TPSA) is 74.0 Å². The molecule has 0 spiro atoms. The van der Waals surface area contributed by atoms with Crippen molar-refractivity contribution in [1.82, 2.24) is 0 Å². The van der Waals surface area contributed by atoms with Crippen LogP contribution in [0.3, 0.4) is 0 Å². The molecule has 0 atom stereocenters. The van der Waals surface area contributed by atoms with Gasteiger partial charge in [-0.05, 0) is 51.2 Å². The fourth-order valence-electron chi connectivity index (χ4n) is 3.66. The number of nitrogens with zero attached hydrogens (tertiary/aromatic N) is 1. The van der Waals surface area contributed by atoms with E-state index in [0.29, 0.717) is 36.6 Å².